The Kier molecular flexibility index (Phi) is 7.37. The maximum Gasteiger partial charge on any atom is 0.288 e. The highest BCUT2D eigenvalue weighted by atomic mass is 28.3. The van der Waals surface area contributed by atoms with Crippen LogP contribution in [0.3, 0.4) is 0 Å². The molecule has 0 aliphatic heterocycles. The molecule has 24 heavy (non-hydrogen) atoms. The second-order valence-electron chi connectivity index (χ2n) is 7.66. The maximum absolute atomic E-state index is 6.61. The van der Waals surface area contributed by atoms with Crippen LogP contribution in [-0.4, -0.2) is 32.5 Å². The zero-order chi connectivity index (χ0) is 16.6. The Hall–Kier alpha value is -0.643. The molecule has 0 saturated heterocycles. The molecule has 134 valence electrons. The summed E-state index contributed by atoms with van der Waals surface area (Å²) in [5.41, 5.74) is 0. The van der Waals surface area contributed by atoms with Gasteiger partial charge in [0.25, 0.3) is 9.20 Å². The molecule has 0 spiro atoms. The van der Waals surface area contributed by atoms with Gasteiger partial charge >= 0.3 is 0 Å². The standard InChI is InChI=1S/C21H35NOSi/c1-2-18-23-24(21-16-10-5-11-17-21)22(19-12-6-3-7-13-19)20-14-8-4-9-15-20/h5,10-11,16-17,19-20,24H,2-4,6-9,12-15,18H2,1H3. The minimum absolute atomic E-state index is 0.774. The average molecular weight is 346 g/mol. The Morgan fingerprint density at radius 2 is 1.42 bits per heavy atom. The van der Waals surface area contributed by atoms with E-state index in [4.69, 9.17) is 4.43 Å². The largest absolute Gasteiger partial charge is 0.402 e. The van der Waals surface area contributed by atoms with E-state index in [9.17, 15) is 0 Å². The molecule has 2 nitrogen and oxygen atoms in total. The van der Waals surface area contributed by atoms with Crippen molar-refractivity contribution >= 4 is 14.4 Å². The lowest BCUT2D eigenvalue weighted by molar-refractivity contribution is 0.134. The second kappa shape index (κ2) is 9.74. The number of hydrogen-bond donors (Lipinski definition) is 0. The van der Waals surface area contributed by atoms with Crippen molar-refractivity contribution in [3.63, 3.8) is 0 Å². The van der Waals surface area contributed by atoms with E-state index in [-0.39, 0.29) is 0 Å². The molecule has 1 aromatic rings. The summed E-state index contributed by atoms with van der Waals surface area (Å²) in [6.45, 7) is 3.16. The van der Waals surface area contributed by atoms with Gasteiger partial charge in [-0.2, -0.15) is 0 Å². The Morgan fingerprint density at radius 1 is 0.875 bits per heavy atom. The highest BCUT2D eigenvalue weighted by Crippen LogP contribution is 2.31. The van der Waals surface area contributed by atoms with Gasteiger partial charge in [-0.05, 0) is 37.3 Å². The van der Waals surface area contributed by atoms with Crippen LogP contribution >= 0.6 is 0 Å². The first-order valence-electron chi connectivity index (χ1n) is 10.3. The fourth-order valence-corrected chi connectivity index (χ4v) is 7.72. The Labute approximate surface area is 150 Å². The lowest BCUT2D eigenvalue weighted by atomic mass is 9.91. The minimum atomic E-state index is -1.54. The molecule has 2 aliphatic carbocycles. The molecule has 2 saturated carbocycles. The van der Waals surface area contributed by atoms with Crippen LogP contribution < -0.4 is 5.19 Å². The third kappa shape index (κ3) is 4.71. The molecular weight excluding hydrogens is 310 g/mol. The molecule has 2 fully saturated rings. The van der Waals surface area contributed by atoms with E-state index in [0.29, 0.717) is 0 Å². The minimum Gasteiger partial charge on any atom is -0.402 e. The SMILES string of the molecule is CCCO[SiH](c1ccccc1)N(C1CCCCC1)C1CCCCC1. The van der Waals surface area contributed by atoms with E-state index in [2.05, 4.69) is 41.8 Å². The van der Waals surface area contributed by atoms with Crippen molar-refractivity contribution in [1.82, 2.24) is 4.57 Å². The lowest BCUT2D eigenvalue weighted by Crippen LogP contribution is -2.60. The lowest BCUT2D eigenvalue weighted by Gasteiger charge is -2.45. The van der Waals surface area contributed by atoms with Crippen molar-refractivity contribution in [3.05, 3.63) is 30.3 Å². The first kappa shape index (κ1) is 18.2. The van der Waals surface area contributed by atoms with Crippen molar-refractivity contribution < 1.29 is 4.43 Å². The van der Waals surface area contributed by atoms with Crippen LogP contribution in [0.25, 0.3) is 0 Å². The van der Waals surface area contributed by atoms with Crippen LogP contribution in [0.4, 0.5) is 0 Å². The molecule has 0 heterocycles. The van der Waals surface area contributed by atoms with Crippen molar-refractivity contribution in [1.29, 1.82) is 0 Å². The molecule has 3 rings (SSSR count). The van der Waals surface area contributed by atoms with Crippen LogP contribution in [0, 0.1) is 0 Å². The summed E-state index contributed by atoms with van der Waals surface area (Å²) in [5, 5.41) is 1.49. The van der Waals surface area contributed by atoms with E-state index in [1.807, 2.05) is 0 Å². The molecule has 0 amide bonds. The number of benzene rings is 1. The van der Waals surface area contributed by atoms with Gasteiger partial charge in [0.15, 0.2) is 0 Å². The van der Waals surface area contributed by atoms with Crippen LogP contribution in [0.5, 0.6) is 0 Å². The molecule has 1 unspecified atom stereocenters. The van der Waals surface area contributed by atoms with Gasteiger partial charge in [0.1, 0.15) is 0 Å². The van der Waals surface area contributed by atoms with E-state index in [0.717, 1.165) is 25.1 Å². The van der Waals surface area contributed by atoms with Gasteiger partial charge in [0.05, 0.1) is 0 Å². The Morgan fingerprint density at radius 3 is 1.92 bits per heavy atom. The number of rotatable bonds is 7. The number of hydrogen-bond acceptors (Lipinski definition) is 2. The highest BCUT2D eigenvalue weighted by molar-refractivity contribution is 6.64. The fourth-order valence-electron chi connectivity index (χ4n) is 4.64. The first-order valence-corrected chi connectivity index (χ1v) is 11.9. The third-order valence-corrected chi connectivity index (χ3v) is 8.72. The summed E-state index contributed by atoms with van der Waals surface area (Å²) in [6, 6.07) is 12.7. The van der Waals surface area contributed by atoms with Crippen molar-refractivity contribution in [2.45, 2.75) is 89.6 Å². The van der Waals surface area contributed by atoms with Gasteiger partial charge in [0, 0.05) is 18.7 Å². The van der Waals surface area contributed by atoms with Gasteiger partial charge in [-0.1, -0.05) is 75.8 Å². The monoisotopic (exact) mass is 345 g/mol. The van der Waals surface area contributed by atoms with E-state index in [1.54, 1.807) is 0 Å². The number of nitrogens with zero attached hydrogens (tertiary/aromatic N) is 1. The summed E-state index contributed by atoms with van der Waals surface area (Å²) in [7, 11) is -1.54. The fraction of sp³-hybridized carbons (Fsp3) is 0.714. The predicted octanol–water partition coefficient (Wildman–Crippen LogP) is 4.51. The highest BCUT2D eigenvalue weighted by Gasteiger charge is 2.36. The topological polar surface area (TPSA) is 12.5 Å². The van der Waals surface area contributed by atoms with Gasteiger partial charge in [0.2, 0.25) is 0 Å². The normalized spacial score (nSPS) is 21.9. The van der Waals surface area contributed by atoms with Crippen molar-refractivity contribution in [2.24, 2.45) is 0 Å². The molecule has 1 atom stereocenters. The van der Waals surface area contributed by atoms with E-state index < -0.39 is 9.20 Å². The van der Waals surface area contributed by atoms with E-state index >= 15 is 0 Å². The third-order valence-electron chi connectivity index (χ3n) is 5.83. The van der Waals surface area contributed by atoms with Crippen LogP contribution in [0.15, 0.2) is 30.3 Å². The van der Waals surface area contributed by atoms with Crippen LogP contribution in [0.2, 0.25) is 0 Å². The van der Waals surface area contributed by atoms with Crippen LogP contribution in [0.1, 0.15) is 77.6 Å². The van der Waals surface area contributed by atoms with Gasteiger partial charge in [-0.25, -0.2) is 0 Å². The molecule has 0 radical (unpaired) electrons. The summed E-state index contributed by atoms with van der Waals surface area (Å²) < 4.78 is 9.56. The second-order valence-corrected chi connectivity index (χ2v) is 9.97. The van der Waals surface area contributed by atoms with Gasteiger partial charge < -0.3 is 4.43 Å². The molecule has 2 aliphatic rings. The van der Waals surface area contributed by atoms with Crippen molar-refractivity contribution in [3.8, 4) is 0 Å². The Balaban J connectivity index is 1.86. The maximum atomic E-state index is 6.61. The smallest absolute Gasteiger partial charge is 0.288 e. The van der Waals surface area contributed by atoms with Gasteiger partial charge in [-0.3, -0.25) is 4.57 Å². The van der Waals surface area contributed by atoms with Crippen LogP contribution in [-0.2, 0) is 4.43 Å². The zero-order valence-corrected chi connectivity index (χ0v) is 16.6. The molecule has 3 heteroatoms. The quantitative estimate of drug-likeness (QED) is 0.674. The summed E-state index contributed by atoms with van der Waals surface area (Å²) in [6.07, 6.45) is 15.2. The summed E-state index contributed by atoms with van der Waals surface area (Å²) in [5.74, 6) is 0. The van der Waals surface area contributed by atoms with E-state index in [1.165, 1.54) is 69.4 Å². The summed E-state index contributed by atoms with van der Waals surface area (Å²) in [4.78, 5) is 0. The van der Waals surface area contributed by atoms with Gasteiger partial charge in [-0.15, -0.1) is 0 Å². The first-order chi connectivity index (χ1) is 11.9. The zero-order valence-electron chi connectivity index (χ0n) is 15.5. The van der Waals surface area contributed by atoms with Crippen molar-refractivity contribution in [2.75, 3.05) is 6.61 Å². The Bertz CT molecular complexity index is 436. The predicted molar refractivity (Wildman–Crippen MR) is 105 cm³/mol. The molecule has 1 aromatic carbocycles. The molecule has 0 N–H and O–H groups in total. The molecule has 0 bridgehead atoms. The molecular formula is C21H35NOSi. The average Bonchev–Trinajstić information content (AvgIpc) is 2.67. The molecule has 0 aromatic heterocycles. The summed E-state index contributed by atoms with van der Waals surface area (Å²) >= 11 is 0.